The fraction of sp³-hybridized carbons (Fsp3) is 0.353. The van der Waals surface area contributed by atoms with Gasteiger partial charge in [-0.1, -0.05) is 10.4 Å². The van der Waals surface area contributed by atoms with Crippen molar-refractivity contribution in [3.63, 3.8) is 0 Å². The van der Waals surface area contributed by atoms with E-state index in [1.807, 2.05) is 0 Å². The van der Waals surface area contributed by atoms with Crippen LogP contribution in [0.5, 0.6) is 0 Å². The number of aromatic nitrogens is 5. The smallest absolute Gasteiger partial charge is 0.413 e. The molecule has 2 N–H and O–H groups in total. The molecule has 0 bridgehead atoms. The lowest BCUT2D eigenvalue weighted by atomic mass is 10.2. The highest BCUT2D eigenvalue weighted by molar-refractivity contribution is 7.92. The van der Waals surface area contributed by atoms with Crippen LogP contribution in [0.1, 0.15) is 30.0 Å². The number of amides is 1. The molecule has 13 heteroatoms. The van der Waals surface area contributed by atoms with Crippen molar-refractivity contribution in [3.05, 3.63) is 35.3 Å². The van der Waals surface area contributed by atoms with Crippen LogP contribution >= 0.6 is 0 Å². The maximum Gasteiger partial charge on any atom is 0.413 e. The zero-order valence-corrected chi connectivity index (χ0v) is 17.8. The molecule has 0 aromatic carbocycles. The lowest BCUT2D eigenvalue weighted by Gasteiger charge is -2.13. The lowest BCUT2D eigenvalue weighted by Crippen LogP contribution is -2.18. The first-order valence-electron chi connectivity index (χ1n) is 8.79. The monoisotopic (exact) mass is 435 g/mol. The van der Waals surface area contributed by atoms with Gasteiger partial charge >= 0.3 is 6.09 Å². The van der Waals surface area contributed by atoms with Crippen LogP contribution in [0.15, 0.2) is 22.9 Å². The normalized spacial score (nSPS) is 12.4. The molecule has 1 amide bonds. The van der Waals surface area contributed by atoms with Crippen LogP contribution in [0.3, 0.4) is 0 Å². The minimum Gasteiger partial charge on any atom is -0.441 e. The summed E-state index contributed by atoms with van der Waals surface area (Å²) in [7, 11) is -1.83. The molecule has 30 heavy (non-hydrogen) atoms. The molecule has 0 radical (unpaired) electrons. The number of hydrogen-bond acceptors (Lipinski definition) is 9. The Morgan fingerprint density at radius 3 is 2.60 bits per heavy atom. The van der Waals surface area contributed by atoms with Gasteiger partial charge in [0, 0.05) is 7.05 Å². The van der Waals surface area contributed by atoms with Crippen molar-refractivity contribution in [2.45, 2.75) is 26.9 Å². The maximum absolute atomic E-state index is 12.4. The Morgan fingerprint density at radius 1 is 1.27 bits per heavy atom. The molecule has 3 heterocycles. The quantitative estimate of drug-likeness (QED) is 0.592. The highest BCUT2D eigenvalue weighted by Crippen LogP contribution is 2.27. The summed E-state index contributed by atoms with van der Waals surface area (Å²) in [6.07, 6.45) is 1.17. The van der Waals surface area contributed by atoms with Crippen LogP contribution in [0, 0.1) is 13.8 Å². The average molecular weight is 435 g/mol. The second kappa shape index (κ2) is 8.10. The third-order valence-corrected chi connectivity index (χ3v) is 4.77. The molecule has 0 fully saturated rings. The molecule has 0 aliphatic heterocycles. The molecular formula is C17H21N7O5S. The van der Waals surface area contributed by atoms with Gasteiger partial charge < -0.3 is 9.26 Å². The Morgan fingerprint density at radius 2 is 2.00 bits per heavy atom. The van der Waals surface area contributed by atoms with E-state index in [0.717, 1.165) is 6.26 Å². The second-order valence-electron chi connectivity index (χ2n) is 6.64. The SMILES string of the molecule is Cc1nc(-c2nnn(C)c2NC(=O)OC(C)c2conc2C)ccc1NS(C)(=O)=O. The van der Waals surface area contributed by atoms with Gasteiger partial charge in [0.2, 0.25) is 10.0 Å². The summed E-state index contributed by atoms with van der Waals surface area (Å²) in [5.41, 5.74) is 2.76. The zero-order chi connectivity index (χ0) is 22.1. The molecule has 3 aromatic rings. The molecule has 0 spiro atoms. The number of anilines is 2. The molecule has 0 aliphatic carbocycles. The van der Waals surface area contributed by atoms with E-state index in [9.17, 15) is 13.2 Å². The van der Waals surface area contributed by atoms with Gasteiger partial charge in [0.05, 0.1) is 34.6 Å². The number of aryl methyl sites for hydroxylation is 3. The number of hydrogen-bond donors (Lipinski definition) is 2. The van der Waals surface area contributed by atoms with Crippen LogP contribution in [-0.2, 0) is 21.8 Å². The number of nitrogens with one attached hydrogen (secondary N) is 2. The minimum atomic E-state index is -3.44. The van der Waals surface area contributed by atoms with Gasteiger partial charge in [-0.25, -0.2) is 22.9 Å². The van der Waals surface area contributed by atoms with E-state index in [4.69, 9.17) is 9.26 Å². The van der Waals surface area contributed by atoms with Crippen molar-refractivity contribution in [3.8, 4) is 11.4 Å². The number of rotatable bonds is 6. The fourth-order valence-electron chi connectivity index (χ4n) is 2.71. The number of nitrogens with zero attached hydrogens (tertiary/aromatic N) is 5. The first-order chi connectivity index (χ1) is 14.0. The molecular weight excluding hydrogens is 414 g/mol. The molecule has 1 atom stereocenters. The first kappa shape index (κ1) is 21.2. The summed E-state index contributed by atoms with van der Waals surface area (Å²) in [4.78, 5) is 16.8. The molecule has 3 aromatic heterocycles. The Labute approximate surface area is 172 Å². The number of pyridine rings is 1. The van der Waals surface area contributed by atoms with Gasteiger partial charge in [0.15, 0.2) is 11.5 Å². The van der Waals surface area contributed by atoms with Crippen molar-refractivity contribution in [1.29, 1.82) is 0 Å². The summed E-state index contributed by atoms with van der Waals surface area (Å²) in [5.74, 6) is 0.268. The zero-order valence-electron chi connectivity index (χ0n) is 17.0. The Bertz CT molecular complexity index is 1190. The van der Waals surface area contributed by atoms with Gasteiger partial charge in [-0.15, -0.1) is 5.10 Å². The fourth-order valence-corrected chi connectivity index (χ4v) is 3.33. The first-order valence-corrected chi connectivity index (χ1v) is 10.7. The standard InChI is InChI=1S/C17H21N7O5S/c1-9-12(8-28-21-9)11(3)29-17(25)19-16-15(20-23-24(16)4)14-7-6-13(10(2)18-14)22-30(5,26)27/h6-8,11,22H,1-5H3,(H,19,25). The number of carbonyl (C=O) groups excluding carboxylic acids is 1. The van der Waals surface area contributed by atoms with Crippen molar-refractivity contribution in [1.82, 2.24) is 25.1 Å². The molecule has 160 valence electrons. The number of sulfonamides is 1. The maximum atomic E-state index is 12.4. The molecule has 1 unspecified atom stereocenters. The molecule has 0 aliphatic rings. The van der Waals surface area contributed by atoms with Crippen molar-refractivity contribution in [2.75, 3.05) is 16.3 Å². The van der Waals surface area contributed by atoms with Gasteiger partial charge in [0.25, 0.3) is 0 Å². The van der Waals surface area contributed by atoms with Crippen LogP contribution < -0.4 is 10.0 Å². The lowest BCUT2D eigenvalue weighted by molar-refractivity contribution is 0.120. The molecule has 12 nitrogen and oxygen atoms in total. The van der Waals surface area contributed by atoms with E-state index in [2.05, 4.69) is 30.5 Å². The van der Waals surface area contributed by atoms with Crippen molar-refractivity contribution in [2.24, 2.45) is 7.05 Å². The van der Waals surface area contributed by atoms with Gasteiger partial charge in [-0.2, -0.15) is 0 Å². The Hall–Kier alpha value is -3.48. The van der Waals surface area contributed by atoms with Crippen LogP contribution in [0.2, 0.25) is 0 Å². The van der Waals surface area contributed by atoms with E-state index in [-0.39, 0.29) is 5.82 Å². The second-order valence-corrected chi connectivity index (χ2v) is 8.39. The summed E-state index contributed by atoms with van der Waals surface area (Å²) in [5, 5.41) is 14.3. The third kappa shape index (κ3) is 4.74. The Balaban J connectivity index is 1.80. The highest BCUT2D eigenvalue weighted by Gasteiger charge is 2.21. The summed E-state index contributed by atoms with van der Waals surface area (Å²) < 4.78 is 36.9. The van der Waals surface area contributed by atoms with Gasteiger partial charge in [-0.3, -0.25) is 10.0 Å². The van der Waals surface area contributed by atoms with E-state index >= 15 is 0 Å². The molecule has 3 rings (SSSR count). The third-order valence-electron chi connectivity index (χ3n) is 4.18. The number of carbonyl (C=O) groups is 1. The number of ether oxygens (including phenoxy) is 1. The van der Waals surface area contributed by atoms with Crippen LogP contribution in [-0.4, -0.2) is 45.9 Å². The summed E-state index contributed by atoms with van der Waals surface area (Å²) in [6.45, 7) is 5.09. The van der Waals surface area contributed by atoms with E-state index < -0.39 is 22.2 Å². The van der Waals surface area contributed by atoms with Crippen molar-refractivity contribution < 1.29 is 22.5 Å². The van der Waals surface area contributed by atoms with Crippen LogP contribution in [0.25, 0.3) is 11.4 Å². The van der Waals surface area contributed by atoms with Gasteiger partial charge in [0.1, 0.15) is 12.4 Å². The summed E-state index contributed by atoms with van der Waals surface area (Å²) >= 11 is 0. The van der Waals surface area contributed by atoms with E-state index in [0.29, 0.717) is 34.0 Å². The largest absolute Gasteiger partial charge is 0.441 e. The topological polar surface area (TPSA) is 154 Å². The average Bonchev–Trinajstić information content (AvgIpc) is 3.22. The van der Waals surface area contributed by atoms with Crippen LogP contribution in [0.4, 0.5) is 16.3 Å². The van der Waals surface area contributed by atoms with Gasteiger partial charge in [-0.05, 0) is 32.9 Å². The van der Waals surface area contributed by atoms with E-state index in [1.54, 1.807) is 40.0 Å². The van der Waals surface area contributed by atoms with Crippen molar-refractivity contribution >= 4 is 27.6 Å². The predicted octanol–water partition coefficient (Wildman–Crippen LogP) is 2.16. The Kier molecular flexibility index (Phi) is 5.73. The summed E-state index contributed by atoms with van der Waals surface area (Å²) in [6, 6.07) is 3.14. The van der Waals surface area contributed by atoms with E-state index in [1.165, 1.54) is 10.9 Å². The highest BCUT2D eigenvalue weighted by atomic mass is 32.2. The molecule has 0 saturated heterocycles. The predicted molar refractivity (Wildman–Crippen MR) is 107 cm³/mol. The molecule has 0 saturated carbocycles. The minimum absolute atomic E-state index is 0.268.